The van der Waals surface area contributed by atoms with Crippen LogP contribution in [-0.2, 0) is 19.6 Å². The predicted molar refractivity (Wildman–Crippen MR) is 104 cm³/mol. The van der Waals surface area contributed by atoms with Gasteiger partial charge in [-0.2, -0.15) is 0 Å². The molecule has 2 N–H and O–H groups in total. The molecule has 2 heterocycles. The van der Waals surface area contributed by atoms with E-state index < -0.39 is 0 Å². The number of benzene rings is 1. The van der Waals surface area contributed by atoms with Crippen molar-refractivity contribution in [2.45, 2.75) is 26.6 Å². The lowest BCUT2D eigenvalue weighted by Gasteiger charge is -2.11. The third kappa shape index (κ3) is 5.44. The second kappa shape index (κ2) is 9.36. The first-order valence-corrected chi connectivity index (χ1v) is 8.79. The Balaban J connectivity index is 1.61. The molecule has 0 unspecified atom stereocenters. The van der Waals surface area contributed by atoms with E-state index in [1.54, 1.807) is 12.4 Å². The van der Waals surface area contributed by atoms with E-state index >= 15 is 0 Å². The van der Waals surface area contributed by atoms with Crippen molar-refractivity contribution in [3.8, 4) is 0 Å². The van der Waals surface area contributed by atoms with Crippen molar-refractivity contribution >= 4 is 5.96 Å². The van der Waals surface area contributed by atoms with E-state index in [0.29, 0.717) is 13.1 Å². The molecular formula is C20H24N6. The zero-order valence-corrected chi connectivity index (χ0v) is 15.0. The van der Waals surface area contributed by atoms with Crippen LogP contribution in [0.5, 0.6) is 0 Å². The van der Waals surface area contributed by atoms with Crippen molar-refractivity contribution in [2.75, 3.05) is 6.54 Å². The highest BCUT2D eigenvalue weighted by Gasteiger charge is 2.01. The fraction of sp³-hybridized carbons (Fsp3) is 0.250. The second-order valence-electron chi connectivity index (χ2n) is 5.92. The number of nitrogens with one attached hydrogen (secondary N) is 2. The van der Waals surface area contributed by atoms with Gasteiger partial charge in [0.25, 0.3) is 0 Å². The monoisotopic (exact) mass is 348 g/mol. The summed E-state index contributed by atoms with van der Waals surface area (Å²) >= 11 is 0. The van der Waals surface area contributed by atoms with Gasteiger partial charge in [0.15, 0.2) is 5.96 Å². The Kier molecular flexibility index (Phi) is 6.36. The van der Waals surface area contributed by atoms with Crippen molar-refractivity contribution < 1.29 is 0 Å². The molecule has 0 aliphatic rings. The minimum absolute atomic E-state index is 0.620. The summed E-state index contributed by atoms with van der Waals surface area (Å²) in [6.07, 6.45) is 7.39. The zero-order valence-electron chi connectivity index (χ0n) is 15.0. The molecule has 0 bridgehead atoms. The van der Waals surface area contributed by atoms with Crippen molar-refractivity contribution in [2.24, 2.45) is 4.99 Å². The Morgan fingerprint density at radius 2 is 2.00 bits per heavy atom. The van der Waals surface area contributed by atoms with Gasteiger partial charge >= 0.3 is 0 Å². The largest absolute Gasteiger partial charge is 0.357 e. The number of hydrogen-bond donors (Lipinski definition) is 2. The number of aromatic nitrogens is 3. The summed E-state index contributed by atoms with van der Waals surface area (Å²) in [5, 5.41) is 6.60. The molecule has 26 heavy (non-hydrogen) atoms. The Bertz CT molecular complexity index is 811. The highest BCUT2D eigenvalue weighted by atomic mass is 15.2. The summed E-state index contributed by atoms with van der Waals surface area (Å²) in [7, 11) is 0. The maximum Gasteiger partial charge on any atom is 0.191 e. The summed E-state index contributed by atoms with van der Waals surface area (Å²) < 4.78 is 2.06. The van der Waals surface area contributed by atoms with Gasteiger partial charge in [-0.25, -0.2) is 9.98 Å². The van der Waals surface area contributed by atoms with E-state index in [1.807, 2.05) is 30.7 Å². The van der Waals surface area contributed by atoms with Crippen LogP contribution in [0.2, 0.25) is 0 Å². The topological polar surface area (TPSA) is 67.1 Å². The van der Waals surface area contributed by atoms with Gasteiger partial charge < -0.3 is 15.2 Å². The molecule has 0 fully saturated rings. The van der Waals surface area contributed by atoms with Crippen LogP contribution in [0.4, 0.5) is 0 Å². The smallest absolute Gasteiger partial charge is 0.191 e. The lowest BCUT2D eigenvalue weighted by Crippen LogP contribution is -2.37. The van der Waals surface area contributed by atoms with Crippen LogP contribution < -0.4 is 10.6 Å². The fourth-order valence-electron chi connectivity index (χ4n) is 2.61. The van der Waals surface area contributed by atoms with Crippen LogP contribution in [0.25, 0.3) is 0 Å². The molecule has 6 nitrogen and oxygen atoms in total. The molecule has 1 aromatic carbocycles. The van der Waals surface area contributed by atoms with E-state index in [1.165, 1.54) is 11.1 Å². The van der Waals surface area contributed by atoms with Crippen molar-refractivity contribution in [3.63, 3.8) is 0 Å². The van der Waals surface area contributed by atoms with E-state index in [9.17, 15) is 0 Å². The van der Waals surface area contributed by atoms with Gasteiger partial charge in [0.1, 0.15) is 0 Å². The molecule has 134 valence electrons. The molecule has 0 radical (unpaired) electrons. The second-order valence-corrected chi connectivity index (χ2v) is 5.92. The van der Waals surface area contributed by atoms with Crippen LogP contribution in [0.3, 0.4) is 0 Å². The number of rotatable bonds is 7. The maximum atomic E-state index is 4.68. The molecule has 0 saturated heterocycles. The van der Waals surface area contributed by atoms with Crippen LogP contribution in [0.1, 0.15) is 23.7 Å². The lowest BCUT2D eigenvalue weighted by molar-refractivity contribution is 0.791. The first-order valence-electron chi connectivity index (χ1n) is 8.79. The third-order valence-electron chi connectivity index (χ3n) is 3.84. The SMILES string of the molecule is CCNC(=NCc1cccc(Cn2ccnc2)c1)NCc1ccccn1. The molecule has 0 amide bonds. The molecular weight excluding hydrogens is 324 g/mol. The lowest BCUT2D eigenvalue weighted by atomic mass is 10.1. The number of guanidine groups is 1. The van der Waals surface area contributed by atoms with Crippen LogP contribution in [0, 0.1) is 0 Å². The standard InChI is InChI=1S/C20H24N6/c1-2-22-20(25-14-19-8-3-4-9-23-19)24-13-17-6-5-7-18(12-17)15-26-11-10-21-16-26/h3-12,16H,2,13-15H2,1H3,(H2,22,24,25). The molecule has 0 saturated carbocycles. The molecule has 6 heteroatoms. The number of nitrogens with zero attached hydrogens (tertiary/aromatic N) is 4. The Hall–Kier alpha value is -3.15. The number of pyridine rings is 1. The number of aliphatic imine (C=N–C) groups is 1. The zero-order chi connectivity index (χ0) is 18.0. The first-order chi connectivity index (χ1) is 12.8. The quantitative estimate of drug-likeness (QED) is 0.509. The minimum Gasteiger partial charge on any atom is -0.357 e. The summed E-state index contributed by atoms with van der Waals surface area (Å²) in [6.45, 7) is 4.95. The molecule has 0 atom stereocenters. The Labute approximate surface area is 154 Å². The number of imidazole rings is 1. The van der Waals surface area contributed by atoms with Crippen LogP contribution >= 0.6 is 0 Å². The molecule has 0 spiro atoms. The van der Waals surface area contributed by atoms with E-state index in [-0.39, 0.29) is 0 Å². The Morgan fingerprint density at radius 3 is 2.77 bits per heavy atom. The highest BCUT2D eigenvalue weighted by Crippen LogP contribution is 2.08. The molecule has 0 aliphatic heterocycles. The summed E-state index contributed by atoms with van der Waals surface area (Å²) in [5.41, 5.74) is 3.40. The number of hydrogen-bond acceptors (Lipinski definition) is 3. The van der Waals surface area contributed by atoms with Gasteiger partial charge in [-0.05, 0) is 30.2 Å². The fourth-order valence-corrected chi connectivity index (χ4v) is 2.61. The van der Waals surface area contributed by atoms with E-state index in [0.717, 1.165) is 24.7 Å². The van der Waals surface area contributed by atoms with Crippen molar-refractivity contribution in [3.05, 3.63) is 84.2 Å². The first kappa shape index (κ1) is 17.7. The van der Waals surface area contributed by atoms with Gasteiger partial charge in [-0.1, -0.05) is 30.3 Å². The molecule has 3 rings (SSSR count). The highest BCUT2D eigenvalue weighted by molar-refractivity contribution is 5.79. The average Bonchev–Trinajstić information content (AvgIpc) is 3.18. The van der Waals surface area contributed by atoms with Crippen molar-refractivity contribution in [1.82, 2.24) is 25.2 Å². The predicted octanol–water partition coefficient (Wildman–Crippen LogP) is 2.58. The van der Waals surface area contributed by atoms with Gasteiger partial charge in [0.2, 0.25) is 0 Å². The van der Waals surface area contributed by atoms with Gasteiger partial charge in [0, 0.05) is 31.7 Å². The van der Waals surface area contributed by atoms with Gasteiger partial charge in [0.05, 0.1) is 25.1 Å². The van der Waals surface area contributed by atoms with Crippen molar-refractivity contribution in [1.29, 1.82) is 0 Å². The van der Waals surface area contributed by atoms with Gasteiger partial charge in [-0.3, -0.25) is 4.98 Å². The van der Waals surface area contributed by atoms with Crippen LogP contribution in [0.15, 0.2) is 72.4 Å². The minimum atomic E-state index is 0.620. The maximum absolute atomic E-state index is 4.68. The third-order valence-corrected chi connectivity index (χ3v) is 3.84. The molecule has 3 aromatic rings. The summed E-state index contributed by atoms with van der Waals surface area (Å²) in [5.74, 6) is 0.790. The van der Waals surface area contributed by atoms with Gasteiger partial charge in [-0.15, -0.1) is 0 Å². The summed E-state index contributed by atoms with van der Waals surface area (Å²) in [6, 6.07) is 14.4. The van der Waals surface area contributed by atoms with Crippen LogP contribution in [-0.4, -0.2) is 27.0 Å². The summed E-state index contributed by atoms with van der Waals surface area (Å²) in [4.78, 5) is 13.1. The normalized spacial score (nSPS) is 11.3. The molecule has 2 aromatic heterocycles. The average molecular weight is 348 g/mol. The van der Waals surface area contributed by atoms with E-state index in [4.69, 9.17) is 0 Å². The Morgan fingerprint density at radius 1 is 1.08 bits per heavy atom. The molecule has 0 aliphatic carbocycles. The van der Waals surface area contributed by atoms with E-state index in [2.05, 4.69) is 61.4 Å².